The third-order valence-corrected chi connectivity index (χ3v) is 4.01. The molecule has 6 heteroatoms. The van der Waals surface area contributed by atoms with Gasteiger partial charge < -0.3 is 20.1 Å². The van der Waals surface area contributed by atoms with Gasteiger partial charge in [0, 0.05) is 13.1 Å². The molecule has 0 aromatic heterocycles. The van der Waals surface area contributed by atoms with Gasteiger partial charge in [-0.2, -0.15) is 0 Å². The molecule has 2 N–H and O–H groups in total. The van der Waals surface area contributed by atoms with Crippen LogP contribution in [0.2, 0.25) is 0 Å². The van der Waals surface area contributed by atoms with E-state index in [0.717, 1.165) is 18.7 Å². The topological polar surface area (TPSA) is 78.9 Å². The van der Waals surface area contributed by atoms with Gasteiger partial charge >= 0.3 is 12.1 Å². The molecule has 0 aliphatic carbocycles. The van der Waals surface area contributed by atoms with Crippen molar-refractivity contribution in [2.24, 2.45) is 0 Å². The summed E-state index contributed by atoms with van der Waals surface area (Å²) in [6.07, 6.45) is 0.572. The van der Waals surface area contributed by atoms with Crippen LogP contribution in [0.5, 0.6) is 0 Å². The zero-order chi connectivity index (χ0) is 16.0. The molecule has 1 fully saturated rings. The number of hydrogen-bond acceptors (Lipinski definition) is 4. The van der Waals surface area contributed by atoms with Crippen molar-refractivity contribution in [2.45, 2.75) is 31.4 Å². The molecule has 1 aromatic rings. The van der Waals surface area contributed by atoms with E-state index in [0.29, 0.717) is 12.8 Å². The van der Waals surface area contributed by atoms with Crippen molar-refractivity contribution in [3.8, 4) is 0 Å². The number of alkyl carbamates (subject to hydrolysis) is 1. The molecule has 1 amide bonds. The summed E-state index contributed by atoms with van der Waals surface area (Å²) in [5, 5.41) is 11.9. The average molecular weight is 306 g/mol. The van der Waals surface area contributed by atoms with E-state index in [1.807, 2.05) is 37.4 Å². The Kier molecular flexibility index (Phi) is 5.38. The van der Waals surface area contributed by atoms with Gasteiger partial charge in [0.15, 0.2) is 0 Å². The van der Waals surface area contributed by atoms with E-state index in [-0.39, 0.29) is 13.0 Å². The number of carboxylic acids is 1. The first-order valence-corrected chi connectivity index (χ1v) is 7.38. The molecule has 0 unspecified atom stereocenters. The van der Waals surface area contributed by atoms with E-state index in [9.17, 15) is 9.59 Å². The van der Waals surface area contributed by atoms with Gasteiger partial charge in [-0.15, -0.1) is 0 Å². The van der Waals surface area contributed by atoms with E-state index < -0.39 is 17.6 Å². The average Bonchev–Trinajstić information content (AvgIpc) is 2.49. The second kappa shape index (κ2) is 7.26. The number of carbonyl (C=O) groups excluding carboxylic acids is 1. The summed E-state index contributed by atoms with van der Waals surface area (Å²) in [6.45, 7) is 1.69. The molecule has 1 aliphatic rings. The van der Waals surface area contributed by atoms with E-state index in [4.69, 9.17) is 9.84 Å². The van der Waals surface area contributed by atoms with Crippen LogP contribution in [-0.2, 0) is 16.1 Å². The summed E-state index contributed by atoms with van der Waals surface area (Å²) in [5.41, 5.74) is 0.180. The lowest BCUT2D eigenvalue weighted by Gasteiger charge is -2.39. The smallest absolute Gasteiger partial charge is 0.407 e. The lowest BCUT2D eigenvalue weighted by atomic mass is 9.84. The normalized spacial score (nSPS) is 17.7. The maximum absolute atomic E-state index is 12.0. The minimum Gasteiger partial charge on any atom is -0.481 e. The lowest BCUT2D eigenvalue weighted by Crippen LogP contribution is -2.55. The van der Waals surface area contributed by atoms with Crippen LogP contribution >= 0.6 is 0 Å². The summed E-state index contributed by atoms with van der Waals surface area (Å²) >= 11 is 0. The number of carboxylic acid groups (broad SMARTS) is 1. The van der Waals surface area contributed by atoms with Crippen LogP contribution in [-0.4, -0.2) is 47.7 Å². The van der Waals surface area contributed by atoms with Crippen molar-refractivity contribution in [3.05, 3.63) is 35.9 Å². The molecule has 6 nitrogen and oxygen atoms in total. The minimum atomic E-state index is -0.909. The predicted octanol–water partition coefficient (Wildman–Crippen LogP) is 1.85. The molecular formula is C16H22N2O4. The van der Waals surface area contributed by atoms with E-state index in [2.05, 4.69) is 10.2 Å². The number of benzene rings is 1. The number of aliphatic carboxylic acids is 1. The Hall–Kier alpha value is -2.08. The number of carbonyl (C=O) groups is 2. The highest BCUT2D eigenvalue weighted by Gasteiger charge is 2.37. The zero-order valence-electron chi connectivity index (χ0n) is 12.7. The standard InChI is InChI=1S/C16H22N2O4/c1-18-9-7-16(8-10-18,11-14(19)20)17-15(21)22-12-13-5-3-2-4-6-13/h2-6H,7-12H2,1H3,(H,17,21)(H,19,20). The minimum absolute atomic E-state index is 0.0821. The van der Waals surface area contributed by atoms with Crippen LogP contribution < -0.4 is 5.32 Å². The molecule has 1 aliphatic heterocycles. The molecule has 0 bridgehead atoms. The quantitative estimate of drug-likeness (QED) is 0.868. The monoisotopic (exact) mass is 306 g/mol. The largest absolute Gasteiger partial charge is 0.481 e. The molecule has 1 saturated heterocycles. The van der Waals surface area contributed by atoms with Gasteiger partial charge in [0.05, 0.1) is 12.0 Å². The Balaban J connectivity index is 1.92. The zero-order valence-corrected chi connectivity index (χ0v) is 12.7. The van der Waals surface area contributed by atoms with Gasteiger partial charge in [0.25, 0.3) is 0 Å². The fraction of sp³-hybridized carbons (Fsp3) is 0.500. The number of hydrogen-bond donors (Lipinski definition) is 2. The van der Waals surface area contributed by atoms with Crippen LogP contribution in [0.15, 0.2) is 30.3 Å². The fourth-order valence-electron chi connectivity index (χ4n) is 2.66. The Labute approximate surface area is 130 Å². The van der Waals surface area contributed by atoms with Crippen LogP contribution in [0.3, 0.4) is 0 Å². The van der Waals surface area contributed by atoms with Gasteiger partial charge in [-0.25, -0.2) is 4.79 Å². The van der Waals surface area contributed by atoms with Crippen molar-refractivity contribution in [3.63, 3.8) is 0 Å². The van der Waals surface area contributed by atoms with E-state index >= 15 is 0 Å². The number of likely N-dealkylation sites (tertiary alicyclic amines) is 1. The molecule has 120 valence electrons. The van der Waals surface area contributed by atoms with Gasteiger partial charge in [0.2, 0.25) is 0 Å². The Bertz CT molecular complexity index is 510. The SMILES string of the molecule is CN1CCC(CC(=O)O)(NC(=O)OCc2ccccc2)CC1. The highest BCUT2D eigenvalue weighted by Crippen LogP contribution is 2.25. The van der Waals surface area contributed by atoms with Crippen molar-refractivity contribution in [2.75, 3.05) is 20.1 Å². The number of ether oxygens (including phenoxy) is 1. The van der Waals surface area contributed by atoms with Gasteiger partial charge in [-0.1, -0.05) is 30.3 Å². The molecule has 0 radical (unpaired) electrons. The first kappa shape index (κ1) is 16.3. The predicted molar refractivity (Wildman–Crippen MR) is 81.5 cm³/mol. The molecule has 1 aromatic carbocycles. The molecule has 1 heterocycles. The van der Waals surface area contributed by atoms with E-state index in [1.54, 1.807) is 0 Å². The van der Waals surface area contributed by atoms with Crippen LogP contribution in [0.25, 0.3) is 0 Å². The third kappa shape index (κ3) is 4.73. The second-order valence-corrected chi connectivity index (χ2v) is 5.84. The summed E-state index contributed by atoms with van der Waals surface area (Å²) in [5.74, 6) is -0.909. The van der Waals surface area contributed by atoms with Gasteiger partial charge in [-0.05, 0) is 25.5 Å². The second-order valence-electron chi connectivity index (χ2n) is 5.84. The van der Waals surface area contributed by atoms with Crippen LogP contribution in [0, 0.1) is 0 Å². The number of amides is 1. The summed E-state index contributed by atoms with van der Waals surface area (Å²) in [4.78, 5) is 25.2. The third-order valence-electron chi connectivity index (χ3n) is 4.01. The highest BCUT2D eigenvalue weighted by molar-refractivity contribution is 5.72. The van der Waals surface area contributed by atoms with E-state index in [1.165, 1.54) is 0 Å². The molecule has 0 atom stereocenters. The number of rotatable bonds is 5. The van der Waals surface area contributed by atoms with Crippen molar-refractivity contribution in [1.82, 2.24) is 10.2 Å². The summed E-state index contributed by atoms with van der Waals surface area (Å²) < 4.78 is 5.21. The fourth-order valence-corrected chi connectivity index (χ4v) is 2.66. The number of nitrogens with one attached hydrogen (secondary N) is 1. The molecular weight excluding hydrogens is 284 g/mol. The first-order chi connectivity index (χ1) is 10.5. The van der Waals surface area contributed by atoms with Crippen LogP contribution in [0.1, 0.15) is 24.8 Å². The highest BCUT2D eigenvalue weighted by atomic mass is 16.5. The number of nitrogens with zero attached hydrogens (tertiary/aromatic N) is 1. The molecule has 0 spiro atoms. The van der Waals surface area contributed by atoms with Gasteiger partial charge in [-0.3, -0.25) is 4.79 Å². The molecule has 0 saturated carbocycles. The maximum Gasteiger partial charge on any atom is 0.407 e. The molecule has 2 rings (SSSR count). The maximum atomic E-state index is 12.0. The molecule has 22 heavy (non-hydrogen) atoms. The Morgan fingerprint density at radius 3 is 2.50 bits per heavy atom. The van der Waals surface area contributed by atoms with Crippen molar-refractivity contribution in [1.29, 1.82) is 0 Å². The Morgan fingerprint density at radius 1 is 1.27 bits per heavy atom. The number of piperidine rings is 1. The summed E-state index contributed by atoms with van der Waals surface area (Å²) in [7, 11) is 1.98. The van der Waals surface area contributed by atoms with Crippen LogP contribution in [0.4, 0.5) is 4.79 Å². The van der Waals surface area contributed by atoms with Gasteiger partial charge in [0.1, 0.15) is 6.61 Å². The summed E-state index contributed by atoms with van der Waals surface area (Å²) in [6, 6.07) is 9.38. The first-order valence-electron chi connectivity index (χ1n) is 7.38. The lowest BCUT2D eigenvalue weighted by molar-refractivity contribution is -0.139. The Morgan fingerprint density at radius 2 is 1.91 bits per heavy atom. The van der Waals surface area contributed by atoms with Crippen molar-refractivity contribution < 1.29 is 19.4 Å². The van der Waals surface area contributed by atoms with Crippen molar-refractivity contribution >= 4 is 12.1 Å².